The summed E-state index contributed by atoms with van der Waals surface area (Å²) in [4.78, 5) is 35.2. The van der Waals surface area contributed by atoms with Gasteiger partial charge in [-0.2, -0.15) is 0 Å². The molecule has 0 saturated carbocycles. The van der Waals surface area contributed by atoms with Crippen molar-refractivity contribution >= 4 is 23.5 Å². The number of hydrogen-bond donors (Lipinski definition) is 3. The van der Waals surface area contributed by atoms with Crippen molar-refractivity contribution in [2.24, 2.45) is 0 Å². The zero-order valence-electron chi connectivity index (χ0n) is 11.7. The molecule has 7 nitrogen and oxygen atoms in total. The SMILES string of the molecule is C[C@@]1(c2cccc(NC(=O)c3ccco3)c2)NC(=O)NC1=O. The van der Waals surface area contributed by atoms with Crippen molar-refractivity contribution in [1.29, 1.82) is 0 Å². The first-order chi connectivity index (χ1) is 10.5. The Balaban J connectivity index is 1.86. The predicted molar refractivity (Wildman–Crippen MR) is 77.1 cm³/mol. The van der Waals surface area contributed by atoms with E-state index in [1.807, 2.05) is 0 Å². The van der Waals surface area contributed by atoms with Gasteiger partial charge < -0.3 is 15.1 Å². The molecule has 0 spiro atoms. The largest absolute Gasteiger partial charge is 0.459 e. The fraction of sp³-hybridized carbons (Fsp3) is 0.133. The number of furan rings is 1. The Morgan fingerprint density at radius 1 is 1.23 bits per heavy atom. The average Bonchev–Trinajstić information content (AvgIpc) is 3.09. The number of benzene rings is 1. The number of nitrogens with one attached hydrogen (secondary N) is 3. The number of carbonyl (C=O) groups is 3. The van der Waals surface area contributed by atoms with Gasteiger partial charge in [0, 0.05) is 5.69 Å². The number of carbonyl (C=O) groups excluding carboxylic acids is 3. The molecular formula is C15H13N3O4. The van der Waals surface area contributed by atoms with Gasteiger partial charge in [0.05, 0.1) is 6.26 Å². The molecule has 1 aromatic heterocycles. The van der Waals surface area contributed by atoms with E-state index < -0.39 is 23.4 Å². The van der Waals surface area contributed by atoms with E-state index >= 15 is 0 Å². The maximum absolute atomic E-state index is 12.0. The highest BCUT2D eigenvalue weighted by Crippen LogP contribution is 2.26. The molecule has 1 aromatic carbocycles. The first kappa shape index (κ1) is 13.9. The second-order valence-corrected chi connectivity index (χ2v) is 5.05. The maximum Gasteiger partial charge on any atom is 0.322 e. The molecule has 2 heterocycles. The molecule has 0 radical (unpaired) electrons. The van der Waals surface area contributed by atoms with Gasteiger partial charge in [-0.3, -0.25) is 14.9 Å². The van der Waals surface area contributed by atoms with Crippen LogP contribution >= 0.6 is 0 Å². The molecule has 112 valence electrons. The fourth-order valence-corrected chi connectivity index (χ4v) is 2.25. The van der Waals surface area contributed by atoms with Crippen molar-refractivity contribution in [1.82, 2.24) is 10.6 Å². The van der Waals surface area contributed by atoms with Gasteiger partial charge >= 0.3 is 6.03 Å². The van der Waals surface area contributed by atoms with Gasteiger partial charge in [-0.25, -0.2) is 4.79 Å². The van der Waals surface area contributed by atoms with Crippen LogP contribution in [0.1, 0.15) is 23.0 Å². The van der Waals surface area contributed by atoms with Crippen molar-refractivity contribution in [2.45, 2.75) is 12.5 Å². The second-order valence-electron chi connectivity index (χ2n) is 5.05. The Morgan fingerprint density at radius 3 is 2.68 bits per heavy atom. The van der Waals surface area contributed by atoms with Gasteiger partial charge in [-0.15, -0.1) is 0 Å². The highest BCUT2D eigenvalue weighted by molar-refractivity contribution is 6.07. The molecule has 0 aliphatic carbocycles. The standard InChI is InChI=1S/C15H13N3O4/c1-15(13(20)17-14(21)18-15)9-4-2-5-10(8-9)16-12(19)11-6-3-7-22-11/h2-8H,1H3,(H,16,19)(H2,17,18,20,21)/t15-/m0/s1. The quantitative estimate of drug-likeness (QED) is 0.749. The lowest BCUT2D eigenvalue weighted by atomic mass is 9.92. The third-order valence-corrected chi connectivity index (χ3v) is 3.49. The summed E-state index contributed by atoms with van der Waals surface area (Å²) in [6.07, 6.45) is 1.41. The van der Waals surface area contributed by atoms with Crippen molar-refractivity contribution in [3.05, 3.63) is 54.0 Å². The van der Waals surface area contributed by atoms with Crippen molar-refractivity contribution in [3.8, 4) is 0 Å². The topological polar surface area (TPSA) is 100 Å². The molecule has 4 amide bonds. The minimum atomic E-state index is -1.16. The van der Waals surface area contributed by atoms with E-state index in [9.17, 15) is 14.4 Å². The van der Waals surface area contributed by atoms with Crippen molar-refractivity contribution in [3.63, 3.8) is 0 Å². The number of hydrogen-bond acceptors (Lipinski definition) is 4. The van der Waals surface area contributed by atoms with E-state index in [0.717, 1.165) is 0 Å². The molecule has 2 aromatic rings. The van der Waals surface area contributed by atoms with E-state index in [2.05, 4.69) is 16.0 Å². The molecular weight excluding hydrogens is 286 g/mol. The molecule has 0 bridgehead atoms. The van der Waals surface area contributed by atoms with Gasteiger partial charge in [0.15, 0.2) is 5.76 Å². The van der Waals surface area contributed by atoms with E-state index in [1.54, 1.807) is 43.3 Å². The van der Waals surface area contributed by atoms with Crippen LogP contribution in [0, 0.1) is 0 Å². The van der Waals surface area contributed by atoms with Crippen molar-refractivity contribution in [2.75, 3.05) is 5.32 Å². The van der Waals surface area contributed by atoms with Crippen LogP contribution in [-0.4, -0.2) is 17.8 Å². The van der Waals surface area contributed by atoms with Gasteiger partial charge in [0.25, 0.3) is 11.8 Å². The van der Waals surface area contributed by atoms with Gasteiger partial charge in [0.1, 0.15) is 5.54 Å². The molecule has 3 rings (SSSR count). The minimum Gasteiger partial charge on any atom is -0.459 e. The van der Waals surface area contributed by atoms with E-state index in [-0.39, 0.29) is 5.76 Å². The van der Waals surface area contributed by atoms with Crippen LogP contribution in [-0.2, 0) is 10.3 Å². The number of imide groups is 1. The molecule has 1 atom stereocenters. The van der Waals surface area contributed by atoms with Gasteiger partial charge in [0.2, 0.25) is 0 Å². The van der Waals surface area contributed by atoms with Crippen LogP contribution < -0.4 is 16.0 Å². The molecule has 1 saturated heterocycles. The lowest BCUT2D eigenvalue weighted by Crippen LogP contribution is -2.40. The third kappa shape index (κ3) is 2.32. The average molecular weight is 299 g/mol. The van der Waals surface area contributed by atoms with Crippen LogP contribution in [0.3, 0.4) is 0 Å². The first-order valence-corrected chi connectivity index (χ1v) is 6.58. The van der Waals surface area contributed by atoms with Crippen LogP contribution in [0.4, 0.5) is 10.5 Å². The summed E-state index contributed by atoms with van der Waals surface area (Å²) in [6, 6.07) is 9.33. The van der Waals surface area contributed by atoms with Crippen LogP contribution in [0.15, 0.2) is 47.1 Å². The normalized spacial score (nSPS) is 20.4. The Morgan fingerprint density at radius 2 is 2.05 bits per heavy atom. The summed E-state index contributed by atoms with van der Waals surface area (Å²) in [7, 11) is 0. The molecule has 1 aliphatic heterocycles. The maximum atomic E-state index is 12.0. The lowest BCUT2D eigenvalue weighted by molar-refractivity contribution is -0.123. The Bertz CT molecular complexity index is 754. The zero-order valence-corrected chi connectivity index (χ0v) is 11.7. The van der Waals surface area contributed by atoms with Crippen molar-refractivity contribution < 1.29 is 18.8 Å². The number of urea groups is 1. The summed E-state index contributed by atoms with van der Waals surface area (Å²) >= 11 is 0. The summed E-state index contributed by atoms with van der Waals surface area (Å²) in [5, 5.41) is 7.45. The molecule has 22 heavy (non-hydrogen) atoms. The second kappa shape index (κ2) is 5.03. The minimum absolute atomic E-state index is 0.184. The van der Waals surface area contributed by atoms with Crippen LogP contribution in [0.25, 0.3) is 0 Å². The van der Waals surface area contributed by atoms with E-state index in [0.29, 0.717) is 11.3 Å². The molecule has 7 heteroatoms. The van der Waals surface area contributed by atoms with Crippen LogP contribution in [0.5, 0.6) is 0 Å². The van der Waals surface area contributed by atoms with E-state index in [1.165, 1.54) is 6.26 Å². The molecule has 1 aliphatic rings. The van der Waals surface area contributed by atoms with Gasteiger partial charge in [-0.1, -0.05) is 12.1 Å². The molecule has 3 N–H and O–H groups in total. The molecule has 1 fully saturated rings. The summed E-state index contributed by atoms with van der Waals surface area (Å²) in [5.41, 5.74) is -0.107. The van der Waals surface area contributed by atoms with E-state index in [4.69, 9.17) is 4.42 Å². The van der Waals surface area contributed by atoms with Gasteiger partial charge in [-0.05, 0) is 36.8 Å². The highest BCUT2D eigenvalue weighted by atomic mass is 16.3. The Kier molecular flexibility index (Phi) is 3.17. The summed E-state index contributed by atoms with van der Waals surface area (Å²) in [6.45, 7) is 1.60. The number of anilines is 1. The predicted octanol–water partition coefficient (Wildman–Crippen LogP) is 1.59. The highest BCUT2D eigenvalue weighted by Gasteiger charge is 2.43. The first-order valence-electron chi connectivity index (χ1n) is 6.58. The number of rotatable bonds is 3. The molecule has 0 unspecified atom stereocenters. The third-order valence-electron chi connectivity index (χ3n) is 3.49. The monoisotopic (exact) mass is 299 g/mol. The summed E-state index contributed by atoms with van der Waals surface area (Å²) in [5.74, 6) is -0.650. The summed E-state index contributed by atoms with van der Waals surface area (Å²) < 4.78 is 5.02. The smallest absolute Gasteiger partial charge is 0.322 e. The zero-order chi connectivity index (χ0) is 15.7. The lowest BCUT2D eigenvalue weighted by Gasteiger charge is -2.21. The Hall–Kier alpha value is -3.09. The Labute approximate surface area is 125 Å². The fourth-order valence-electron chi connectivity index (χ4n) is 2.25. The number of amides is 4. The van der Waals surface area contributed by atoms with Crippen LogP contribution in [0.2, 0.25) is 0 Å².